The van der Waals surface area contributed by atoms with Crippen molar-refractivity contribution in [3.63, 3.8) is 0 Å². The maximum atomic E-state index is 12.2. The van der Waals surface area contributed by atoms with Crippen molar-refractivity contribution in [2.24, 2.45) is 0 Å². The Bertz CT molecular complexity index is 670. The Balaban J connectivity index is 1.98. The van der Waals surface area contributed by atoms with E-state index in [2.05, 4.69) is 5.32 Å². The molecule has 2 rings (SSSR count). The van der Waals surface area contributed by atoms with Gasteiger partial charge in [-0.2, -0.15) is 0 Å². The van der Waals surface area contributed by atoms with Crippen LogP contribution < -0.4 is 10.1 Å². The van der Waals surface area contributed by atoms with Gasteiger partial charge in [0.15, 0.2) is 6.10 Å². The van der Waals surface area contributed by atoms with Crippen molar-refractivity contribution in [2.75, 3.05) is 11.9 Å². The fraction of sp³-hybridized carbons (Fsp3) is 0.278. The summed E-state index contributed by atoms with van der Waals surface area (Å²) in [5.41, 5.74) is 2.71. The molecule has 0 aliphatic heterocycles. The molecular formula is C18H20ClNO3. The van der Waals surface area contributed by atoms with Crippen molar-refractivity contribution in [1.82, 2.24) is 0 Å². The van der Waals surface area contributed by atoms with E-state index < -0.39 is 6.10 Å². The summed E-state index contributed by atoms with van der Waals surface area (Å²) >= 11 is 6.08. The standard InChI is InChI=1S/C18H20ClNO3/c1-12-3-8-16(19)17(11-12)23-13(2)18(22)20-15-6-4-14(5-7-15)9-10-21/h3-8,11,13,21H,9-10H2,1-2H3,(H,20,22). The summed E-state index contributed by atoms with van der Waals surface area (Å²) in [6, 6.07) is 12.8. The van der Waals surface area contributed by atoms with Gasteiger partial charge in [-0.15, -0.1) is 0 Å². The topological polar surface area (TPSA) is 58.6 Å². The normalized spacial score (nSPS) is 11.8. The van der Waals surface area contributed by atoms with Crippen molar-refractivity contribution in [1.29, 1.82) is 0 Å². The number of aliphatic hydroxyl groups is 1. The summed E-state index contributed by atoms with van der Waals surface area (Å²) in [7, 11) is 0. The Kier molecular flexibility index (Phi) is 6.02. The first-order valence-corrected chi connectivity index (χ1v) is 7.81. The highest BCUT2D eigenvalue weighted by atomic mass is 35.5. The molecular weight excluding hydrogens is 314 g/mol. The number of hydrogen-bond donors (Lipinski definition) is 2. The van der Waals surface area contributed by atoms with Crippen LogP contribution in [0.5, 0.6) is 5.75 Å². The SMILES string of the molecule is Cc1ccc(Cl)c(OC(C)C(=O)Nc2ccc(CCO)cc2)c1. The second-order valence-corrected chi connectivity index (χ2v) is 5.76. The van der Waals surface area contributed by atoms with Crippen LogP contribution in [0.1, 0.15) is 18.1 Å². The molecule has 0 aliphatic rings. The molecule has 1 atom stereocenters. The van der Waals surface area contributed by atoms with Gasteiger partial charge in [-0.1, -0.05) is 29.8 Å². The van der Waals surface area contributed by atoms with Crippen LogP contribution in [-0.4, -0.2) is 23.7 Å². The highest BCUT2D eigenvalue weighted by Crippen LogP contribution is 2.26. The van der Waals surface area contributed by atoms with Gasteiger partial charge in [-0.3, -0.25) is 4.79 Å². The Morgan fingerprint density at radius 3 is 2.61 bits per heavy atom. The minimum atomic E-state index is -0.675. The fourth-order valence-corrected chi connectivity index (χ4v) is 2.23. The van der Waals surface area contributed by atoms with Gasteiger partial charge in [0.2, 0.25) is 0 Å². The van der Waals surface area contributed by atoms with Crippen molar-refractivity contribution in [3.8, 4) is 5.75 Å². The molecule has 122 valence electrons. The predicted molar refractivity (Wildman–Crippen MR) is 92.1 cm³/mol. The average Bonchev–Trinajstić information content (AvgIpc) is 2.53. The number of carbonyl (C=O) groups excluding carboxylic acids is 1. The van der Waals surface area contributed by atoms with E-state index in [1.807, 2.05) is 25.1 Å². The minimum Gasteiger partial charge on any atom is -0.479 e. The van der Waals surface area contributed by atoms with E-state index in [0.29, 0.717) is 22.9 Å². The van der Waals surface area contributed by atoms with E-state index in [4.69, 9.17) is 21.4 Å². The number of amides is 1. The van der Waals surface area contributed by atoms with Crippen LogP contribution in [0.4, 0.5) is 5.69 Å². The number of benzene rings is 2. The second-order valence-electron chi connectivity index (χ2n) is 5.35. The molecule has 0 aromatic heterocycles. The minimum absolute atomic E-state index is 0.105. The molecule has 0 radical (unpaired) electrons. The van der Waals surface area contributed by atoms with Gasteiger partial charge in [0.05, 0.1) is 5.02 Å². The third-order valence-corrected chi connectivity index (χ3v) is 3.69. The summed E-state index contributed by atoms with van der Waals surface area (Å²) < 4.78 is 5.65. The number of carbonyl (C=O) groups is 1. The van der Waals surface area contributed by atoms with E-state index in [0.717, 1.165) is 11.1 Å². The zero-order valence-corrected chi connectivity index (χ0v) is 13.9. The van der Waals surface area contributed by atoms with Gasteiger partial charge in [0.25, 0.3) is 5.91 Å². The van der Waals surface area contributed by atoms with Crippen molar-refractivity contribution >= 4 is 23.2 Å². The van der Waals surface area contributed by atoms with E-state index in [9.17, 15) is 4.79 Å². The number of halogens is 1. The van der Waals surface area contributed by atoms with Crippen molar-refractivity contribution in [2.45, 2.75) is 26.4 Å². The lowest BCUT2D eigenvalue weighted by Gasteiger charge is -2.16. The molecule has 0 saturated carbocycles. The molecule has 1 amide bonds. The van der Waals surface area contributed by atoms with E-state index >= 15 is 0 Å². The van der Waals surface area contributed by atoms with Gasteiger partial charge >= 0.3 is 0 Å². The van der Waals surface area contributed by atoms with Crippen molar-refractivity contribution in [3.05, 3.63) is 58.6 Å². The number of rotatable bonds is 6. The van der Waals surface area contributed by atoms with Crippen LogP contribution >= 0.6 is 11.6 Å². The Morgan fingerprint density at radius 2 is 1.96 bits per heavy atom. The summed E-state index contributed by atoms with van der Waals surface area (Å²) in [6.07, 6.45) is -0.0778. The molecule has 2 aromatic rings. The summed E-state index contributed by atoms with van der Waals surface area (Å²) in [4.78, 5) is 12.2. The van der Waals surface area contributed by atoms with Gasteiger partial charge in [-0.25, -0.2) is 0 Å². The highest BCUT2D eigenvalue weighted by Gasteiger charge is 2.16. The number of nitrogens with one attached hydrogen (secondary N) is 1. The summed E-state index contributed by atoms with van der Waals surface area (Å²) in [5.74, 6) is 0.241. The number of aliphatic hydroxyl groups excluding tert-OH is 1. The molecule has 0 fully saturated rings. The summed E-state index contributed by atoms with van der Waals surface area (Å²) in [5, 5.41) is 12.2. The fourth-order valence-electron chi connectivity index (χ4n) is 2.07. The molecule has 1 unspecified atom stereocenters. The molecule has 2 aromatic carbocycles. The van der Waals surface area contributed by atoms with E-state index in [-0.39, 0.29) is 12.5 Å². The maximum Gasteiger partial charge on any atom is 0.265 e. The van der Waals surface area contributed by atoms with Crippen LogP contribution in [0, 0.1) is 6.92 Å². The molecule has 0 heterocycles. The zero-order chi connectivity index (χ0) is 16.8. The van der Waals surface area contributed by atoms with Crippen molar-refractivity contribution < 1.29 is 14.6 Å². The molecule has 0 spiro atoms. The summed E-state index contributed by atoms with van der Waals surface area (Å²) in [6.45, 7) is 3.71. The first-order chi connectivity index (χ1) is 11.0. The first kappa shape index (κ1) is 17.3. The highest BCUT2D eigenvalue weighted by molar-refractivity contribution is 6.32. The van der Waals surface area contributed by atoms with Crippen LogP contribution in [0.2, 0.25) is 5.02 Å². The smallest absolute Gasteiger partial charge is 0.265 e. The Morgan fingerprint density at radius 1 is 1.26 bits per heavy atom. The lowest BCUT2D eigenvalue weighted by molar-refractivity contribution is -0.122. The molecule has 0 aliphatic carbocycles. The molecule has 5 heteroatoms. The number of aryl methyl sites for hydroxylation is 1. The Hall–Kier alpha value is -2.04. The van der Waals surface area contributed by atoms with Crippen LogP contribution in [-0.2, 0) is 11.2 Å². The van der Waals surface area contributed by atoms with Crippen LogP contribution in [0.25, 0.3) is 0 Å². The maximum absolute atomic E-state index is 12.2. The number of anilines is 1. The molecule has 23 heavy (non-hydrogen) atoms. The zero-order valence-electron chi connectivity index (χ0n) is 13.2. The lowest BCUT2D eigenvalue weighted by atomic mass is 10.1. The van der Waals surface area contributed by atoms with Crippen LogP contribution in [0.15, 0.2) is 42.5 Å². The predicted octanol–water partition coefficient (Wildman–Crippen LogP) is 3.59. The lowest BCUT2D eigenvalue weighted by Crippen LogP contribution is -2.30. The number of hydrogen-bond acceptors (Lipinski definition) is 3. The third-order valence-electron chi connectivity index (χ3n) is 3.38. The monoisotopic (exact) mass is 333 g/mol. The molecule has 2 N–H and O–H groups in total. The van der Waals surface area contributed by atoms with Gasteiger partial charge in [0.1, 0.15) is 5.75 Å². The quantitative estimate of drug-likeness (QED) is 0.849. The van der Waals surface area contributed by atoms with Gasteiger partial charge < -0.3 is 15.2 Å². The van der Waals surface area contributed by atoms with E-state index in [1.165, 1.54) is 0 Å². The van der Waals surface area contributed by atoms with Gasteiger partial charge in [0, 0.05) is 12.3 Å². The van der Waals surface area contributed by atoms with Crippen LogP contribution in [0.3, 0.4) is 0 Å². The molecule has 0 bridgehead atoms. The molecule has 4 nitrogen and oxygen atoms in total. The second kappa shape index (κ2) is 7.99. The first-order valence-electron chi connectivity index (χ1n) is 7.43. The third kappa shape index (κ3) is 4.98. The van der Waals surface area contributed by atoms with Gasteiger partial charge in [-0.05, 0) is 55.7 Å². The molecule has 0 saturated heterocycles. The van der Waals surface area contributed by atoms with E-state index in [1.54, 1.807) is 31.2 Å². The number of ether oxygens (including phenoxy) is 1. The Labute approximate surface area is 141 Å². The average molecular weight is 334 g/mol. The largest absolute Gasteiger partial charge is 0.479 e.